The number of benzene rings is 1. The summed E-state index contributed by atoms with van der Waals surface area (Å²) in [5.41, 5.74) is 0.844. The molecule has 1 unspecified atom stereocenters. The highest BCUT2D eigenvalue weighted by atomic mass is 32.2. The van der Waals surface area contributed by atoms with Gasteiger partial charge in [-0.25, -0.2) is 0 Å². The number of amides is 1. The number of rotatable bonds is 8. The van der Waals surface area contributed by atoms with Crippen molar-refractivity contribution < 1.29 is 9.53 Å². The van der Waals surface area contributed by atoms with E-state index in [-0.39, 0.29) is 11.2 Å². The summed E-state index contributed by atoms with van der Waals surface area (Å²) >= 11 is 2.93. The summed E-state index contributed by atoms with van der Waals surface area (Å²) < 4.78 is 6.14. The Balaban J connectivity index is 1.61. The third-order valence-corrected chi connectivity index (χ3v) is 7.03. The maximum absolute atomic E-state index is 13.0. The average molecular weight is 421 g/mol. The van der Waals surface area contributed by atoms with E-state index >= 15 is 0 Å². The minimum atomic E-state index is -0.172. The largest absolute Gasteiger partial charge is 0.495 e. The first-order chi connectivity index (χ1) is 13.6. The lowest BCUT2D eigenvalue weighted by Gasteiger charge is -2.35. The molecule has 152 valence electrons. The first-order valence-corrected chi connectivity index (χ1v) is 11.5. The van der Waals surface area contributed by atoms with Gasteiger partial charge in [0.15, 0.2) is 4.34 Å². The molecule has 1 fully saturated rings. The van der Waals surface area contributed by atoms with Crippen LogP contribution >= 0.6 is 23.1 Å². The number of methoxy groups -OCH3 is 1. The summed E-state index contributed by atoms with van der Waals surface area (Å²) in [6.07, 6.45) is 6.00. The standard InChI is InChI=1S/C20H28N4O2S2/c1-4-24(15-10-6-5-7-11-15)18(25)14(2)27-20-23-22-19(28-20)21-16-12-8-9-13-17(16)26-3/h8-9,12-15H,4-7,10-11H2,1-3H3,(H,21,22). The van der Waals surface area contributed by atoms with Crippen LogP contribution in [0, 0.1) is 0 Å². The van der Waals surface area contributed by atoms with Crippen LogP contribution in [0.5, 0.6) is 5.75 Å². The molecule has 1 saturated carbocycles. The Morgan fingerprint density at radius 1 is 1.32 bits per heavy atom. The highest BCUT2D eigenvalue weighted by molar-refractivity contribution is 8.02. The van der Waals surface area contributed by atoms with Gasteiger partial charge in [0.2, 0.25) is 11.0 Å². The predicted octanol–water partition coefficient (Wildman–Crippen LogP) is 4.95. The van der Waals surface area contributed by atoms with E-state index < -0.39 is 0 Å². The number of carbonyl (C=O) groups excluding carboxylic acids is 1. The molecule has 1 atom stereocenters. The number of nitrogens with one attached hydrogen (secondary N) is 1. The minimum Gasteiger partial charge on any atom is -0.495 e. The molecule has 1 aliphatic carbocycles. The molecule has 0 aliphatic heterocycles. The van der Waals surface area contributed by atoms with Crippen LogP contribution in [-0.2, 0) is 4.79 Å². The van der Waals surface area contributed by atoms with Crippen LogP contribution in [0.2, 0.25) is 0 Å². The number of para-hydroxylation sites is 2. The highest BCUT2D eigenvalue weighted by Crippen LogP contribution is 2.34. The first-order valence-electron chi connectivity index (χ1n) is 9.83. The average Bonchev–Trinajstić information content (AvgIpc) is 3.16. The fourth-order valence-electron chi connectivity index (χ4n) is 3.59. The van der Waals surface area contributed by atoms with Crippen molar-refractivity contribution in [2.45, 2.75) is 61.6 Å². The fourth-order valence-corrected chi connectivity index (χ4v) is 5.57. The Morgan fingerprint density at radius 2 is 2.07 bits per heavy atom. The molecule has 2 aromatic rings. The van der Waals surface area contributed by atoms with Gasteiger partial charge in [-0.1, -0.05) is 54.5 Å². The van der Waals surface area contributed by atoms with E-state index in [1.165, 1.54) is 42.4 Å². The molecule has 1 aliphatic rings. The molecule has 0 bridgehead atoms. The van der Waals surface area contributed by atoms with Crippen LogP contribution in [0.15, 0.2) is 28.6 Å². The predicted molar refractivity (Wildman–Crippen MR) is 116 cm³/mol. The van der Waals surface area contributed by atoms with Gasteiger partial charge in [0.25, 0.3) is 0 Å². The molecule has 1 N–H and O–H groups in total. The molecule has 0 spiro atoms. The Labute approximate surface area is 175 Å². The second kappa shape index (κ2) is 10.1. The molecular weight excluding hydrogens is 392 g/mol. The summed E-state index contributed by atoms with van der Waals surface area (Å²) in [4.78, 5) is 15.0. The molecule has 1 amide bonds. The maximum atomic E-state index is 13.0. The molecule has 1 heterocycles. The van der Waals surface area contributed by atoms with Crippen LogP contribution in [0.3, 0.4) is 0 Å². The van der Waals surface area contributed by atoms with E-state index in [0.29, 0.717) is 11.2 Å². The summed E-state index contributed by atoms with van der Waals surface area (Å²) in [6.45, 7) is 4.81. The van der Waals surface area contributed by atoms with E-state index in [2.05, 4.69) is 27.3 Å². The molecule has 1 aromatic carbocycles. The maximum Gasteiger partial charge on any atom is 0.236 e. The van der Waals surface area contributed by atoms with Crippen molar-refractivity contribution in [2.24, 2.45) is 0 Å². The molecule has 0 radical (unpaired) electrons. The van der Waals surface area contributed by atoms with Crippen LogP contribution in [0.25, 0.3) is 0 Å². The van der Waals surface area contributed by atoms with E-state index in [9.17, 15) is 4.79 Å². The minimum absolute atomic E-state index is 0.172. The Bertz CT molecular complexity index is 777. The SMILES string of the molecule is CCN(C(=O)C(C)Sc1nnc(Nc2ccccc2OC)s1)C1CCCCC1. The number of carbonyl (C=O) groups is 1. The molecule has 3 rings (SSSR count). The molecular formula is C20H28N4O2S2. The number of hydrogen-bond donors (Lipinski definition) is 1. The quantitative estimate of drug-likeness (QED) is 0.609. The zero-order chi connectivity index (χ0) is 19.9. The van der Waals surface area contributed by atoms with Crippen LogP contribution < -0.4 is 10.1 Å². The summed E-state index contributed by atoms with van der Waals surface area (Å²) in [5.74, 6) is 0.954. The second-order valence-corrected chi connectivity index (χ2v) is 9.44. The van der Waals surface area contributed by atoms with Gasteiger partial charge >= 0.3 is 0 Å². The zero-order valence-electron chi connectivity index (χ0n) is 16.7. The monoisotopic (exact) mass is 420 g/mol. The van der Waals surface area contributed by atoms with Gasteiger partial charge in [-0.3, -0.25) is 4.79 Å². The van der Waals surface area contributed by atoms with Crippen molar-refractivity contribution in [3.8, 4) is 5.75 Å². The topological polar surface area (TPSA) is 67.4 Å². The van der Waals surface area contributed by atoms with Gasteiger partial charge in [-0.15, -0.1) is 10.2 Å². The molecule has 8 heteroatoms. The van der Waals surface area contributed by atoms with Crippen molar-refractivity contribution in [1.82, 2.24) is 15.1 Å². The molecule has 0 saturated heterocycles. The third kappa shape index (κ3) is 5.17. The number of nitrogens with zero attached hydrogens (tertiary/aromatic N) is 3. The van der Waals surface area contributed by atoms with Gasteiger partial charge in [0.1, 0.15) is 5.75 Å². The smallest absolute Gasteiger partial charge is 0.236 e. The van der Waals surface area contributed by atoms with E-state index in [4.69, 9.17) is 4.74 Å². The van der Waals surface area contributed by atoms with Crippen molar-refractivity contribution in [3.05, 3.63) is 24.3 Å². The van der Waals surface area contributed by atoms with Crippen molar-refractivity contribution in [2.75, 3.05) is 19.0 Å². The van der Waals surface area contributed by atoms with Gasteiger partial charge in [0.05, 0.1) is 18.0 Å². The molecule has 6 nitrogen and oxygen atoms in total. The molecule has 28 heavy (non-hydrogen) atoms. The first kappa shape index (κ1) is 20.9. The van der Waals surface area contributed by atoms with Gasteiger partial charge in [-0.05, 0) is 38.8 Å². The van der Waals surface area contributed by atoms with Crippen LogP contribution in [0.1, 0.15) is 46.0 Å². The number of aromatic nitrogens is 2. The lowest BCUT2D eigenvalue weighted by Crippen LogP contribution is -2.44. The lowest BCUT2D eigenvalue weighted by atomic mass is 9.94. The van der Waals surface area contributed by atoms with E-state index in [1.54, 1.807) is 7.11 Å². The van der Waals surface area contributed by atoms with E-state index in [1.807, 2.05) is 31.2 Å². The van der Waals surface area contributed by atoms with Crippen molar-refractivity contribution in [1.29, 1.82) is 0 Å². The van der Waals surface area contributed by atoms with Crippen LogP contribution in [-0.4, -0.2) is 46.0 Å². The summed E-state index contributed by atoms with van der Waals surface area (Å²) in [6, 6.07) is 8.08. The Hall–Kier alpha value is -1.80. The molecule has 1 aromatic heterocycles. The Kier molecular flexibility index (Phi) is 7.56. The van der Waals surface area contributed by atoms with Gasteiger partial charge < -0.3 is 15.0 Å². The van der Waals surface area contributed by atoms with Crippen LogP contribution in [0.4, 0.5) is 10.8 Å². The van der Waals surface area contributed by atoms with Crippen molar-refractivity contribution >= 4 is 39.8 Å². The number of hydrogen-bond acceptors (Lipinski definition) is 7. The van der Waals surface area contributed by atoms with E-state index in [0.717, 1.165) is 35.2 Å². The number of ether oxygens (including phenoxy) is 1. The lowest BCUT2D eigenvalue weighted by molar-refractivity contribution is -0.133. The van der Waals surface area contributed by atoms with Gasteiger partial charge in [-0.2, -0.15) is 0 Å². The number of thioether (sulfide) groups is 1. The zero-order valence-corrected chi connectivity index (χ0v) is 18.3. The summed E-state index contributed by atoms with van der Waals surface area (Å²) in [7, 11) is 1.64. The normalized spacial score (nSPS) is 15.8. The Morgan fingerprint density at radius 3 is 2.79 bits per heavy atom. The second-order valence-electron chi connectivity index (χ2n) is 6.87. The fraction of sp³-hybridized carbons (Fsp3) is 0.550. The number of anilines is 2. The van der Waals surface area contributed by atoms with Gasteiger partial charge in [0, 0.05) is 12.6 Å². The highest BCUT2D eigenvalue weighted by Gasteiger charge is 2.28. The summed E-state index contributed by atoms with van der Waals surface area (Å²) in [5, 5.41) is 12.2. The third-order valence-electron chi connectivity index (χ3n) is 5.02. The van der Waals surface area contributed by atoms with Crippen molar-refractivity contribution in [3.63, 3.8) is 0 Å².